The SMILES string of the molecule is COc1ccc(N2CCN(Cc3c(O)ccc4c(C)c(Br)c(=O)oc34)CC2)cc1. The first kappa shape index (κ1) is 19.8. The maximum atomic E-state index is 12.1. The summed E-state index contributed by atoms with van der Waals surface area (Å²) in [6.07, 6.45) is 0. The molecule has 7 heteroatoms. The van der Waals surface area contributed by atoms with E-state index in [1.807, 2.05) is 19.1 Å². The molecule has 0 amide bonds. The average molecular weight is 459 g/mol. The fourth-order valence-electron chi connectivity index (χ4n) is 3.77. The summed E-state index contributed by atoms with van der Waals surface area (Å²) >= 11 is 3.29. The van der Waals surface area contributed by atoms with E-state index in [1.165, 1.54) is 5.69 Å². The van der Waals surface area contributed by atoms with E-state index in [-0.39, 0.29) is 5.75 Å². The predicted octanol–water partition coefficient (Wildman–Crippen LogP) is 3.90. The van der Waals surface area contributed by atoms with Crippen molar-refractivity contribution in [3.05, 3.63) is 62.4 Å². The van der Waals surface area contributed by atoms with Crippen molar-refractivity contribution in [1.29, 1.82) is 0 Å². The van der Waals surface area contributed by atoms with Crippen LogP contribution in [0.2, 0.25) is 0 Å². The molecule has 1 aliphatic rings. The molecule has 0 bridgehead atoms. The van der Waals surface area contributed by atoms with Gasteiger partial charge in [-0.25, -0.2) is 4.79 Å². The van der Waals surface area contributed by atoms with Crippen LogP contribution in [0.1, 0.15) is 11.1 Å². The molecule has 0 radical (unpaired) electrons. The Morgan fingerprint density at radius 3 is 2.45 bits per heavy atom. The second kappa shape index (κ2) is 8.08. The fraction of sp³-hybridized carbons (Fsp3) is 0.318. The molecule has 0 aliphatic carbocycles. The Balaban J connectivity index is 1.53. The first-order valence-electron chi connectivity index (χ1n) is 9.53. The smallest absolute Gasteiger partial charge is 0.350 e. The molecule has 0 unspecified atom stereocenters. The van der Waals surface area contributed by atoms with Crippen molar-refractivity contribution in [1.82, 2.24) is 4.90 Å². The van der Waals surface area contributed by atoms with Gasteiger partial charge in [-0.3, -0.25) is 4.90 Å². The summed E-state index contributed by atoms with van der Waals surface area (Å²) in [6, 6.07) is 11.5. The van der Waals surface area contributed by atoms with Crippen LogP contribution >= 0.6 is 15.9 Å². The second-order valence-electron chi connectivity index (χ2n) is 7.23. The van der Waals surface area contributed by atoms with Crippen LogP contribution < -0.4 is 15.3 Å². The summed E-state index contributed by atoms with van der Waals surface area (Å²) in [5, 5.41) is 11.3. The number of fused-ring (bicyclic) bond motifs is 1. The highest BCUT2D eigenvalue weighted by molar-refractivity contribution is 9.10. The quantitative estimate of drug-likeness (QED) is 0.598. The van der Waals surface area contributed by atoms with Gasteiger partial charge in [-0.2, -0.15) is 0 Å². The standard InChI is InChI=1S/C22H23BrN2O4/c1-14-17-7-8-19(26)18(21(17)29-22(27)20(14)23)13-24-9-11-25(12-10-24)15-3-5-16(28-2)6-4-15/h3-8,26H,9-13H2,1-2H3. The Morgan fingerprint density at radius 2 is 1.79 bits per heavy atom. The van der Waals surface area contributed by atoms with E-state index in [9.17, 15) is 9.90 Å². The van der Waals surface area contributed by atoms with Crippen molar-refractivity contribution in [2.75, 3.05) is 38.2 Å². The lowest BCUT2D eigenvalue weighted by Crippen LogP contribution is -2.46. The number of benzene rings is 2. The van der Waals surface area contributed by atoms with Gasteiger partial charge in [0.15, 0.2) is 0 Å². The zero-order valence-corrected chi connectivity index (χ0v) is 18.0. The highest BCUT2D eigenvalue weighted by Crippen LogP contribution is 2.32. The van der Waals surface area contributed by atoms with Gasteiger partial charge in [0.25, 0.3) is 0 Å². The summed E-state index contributed by atoms with van der Waals surface area (Å²) in [5.74, 6) is 1.00. The summed E-state index contributed by atoms with van der Waals surface area (Å²) in [7, 11) is 1.67. The van der Waals surface area contributed by atoms with Gasteiger partial charge in [-0.05, 0) is 64.8 Å². The van der Waals surface area contributed by atoms with Crippen molar-refractivity contribution in [2.24, 2.45) is 0 Å². The molecule has 3 aromatic rings. The second-order valence-corrected chi connectivity index (χ2v) is 8.02. The van der Waals surface area contributed by atoms with E-state index in [4.69, 9.17) is 9.15 Å². The number of rotatable bonds is 4. The van der Waals surface area contributed by atoms with Crippen molar-refractivity contribution < 1.29 is 14.3 Å². The van der Waals surface area contributed by atoms with Gasteiger partial charge in [-0.15, -0.1) is 0 Å². The van der Waals surface area contributed by atoms with Gasteiger partial charge in [0, 0.05) is 43.8 Å². The van der Waals surface area contributed by atoms with Crippen LogP contribution in [0, 0.1) is 6.92 Å². The number of ether oxygens (including phenoxy) is 1. The first-order chi connectivity index (χ1) is 14.0. The summed E-state index contributed by atoms with van der Waals surface area (Å²) in [6.45, 7) is 5.86. The van der Waals surface area contributed by atoms with Gasteiger partial charge >= 0.3 is 5.63 Å². The van der Waals surface area contributed by atoms with Crippen LogP contribution in [-0.2, 0) is 6.54 Å². The monoisotopic (exact) mass is 458 g/mol. The molecule has 152 valence electrons. The largest absolute Gasteiger partial charge is 0.507 e. The lowest BCUT2D eigenvalue weighted by molar-refractivity contribution is 0.246. The molecule has 6 nitrogen and oxygen atoms in total. The number of nitrogens with zero attached hydrogens (tertiary/aromatic N) is 2. The van der Waals surface area contributed by atoms with Crippen LogP contribution in [0.5, 0.6) is 11.5 Å². The van der Waals surface area contributed by atoms with Crippen LogP contribution in [-0.4, -0.2) is 43.3 Å². The molecule has 0 spiro atoms. The Kier molecular flexibility index (Phi) is 5.52. The molecule has 0 saturated carbocycles. The number of phenols is 1. The molecule has 1 aromatic heterocycles. The third kappa shape index (κ3) is 3.84. The van der Waals surface area contributed by atoms with E-state index < -0.39 is 5.63 Å². The van der Waals surface area contributed by atoms with E-state index in [0.717, 1.165) is 42.9 Å². The van der Waals surface area contributed by atoms with Gasteiger partial charge in [-0.1, -0.05) is 0 Å². The summed E-state index contributed by atoms with van der Waals surface area (Å²) in [4.78, 5) is 16.7. The lowest BCUT2D eigenvalue weighted by Gasteiger charge is -2.36. The molecule has 2 aromatic carbocycles. The molecule has 1 saturated heterocycles. The molecule has 0 atom stereocenters. The van der Waals surface area contributed by atoms with Gasteiger partial charge in [0.2, 0.25) is 0 Å². The Hall–Kier alpha value is -2.51. The average Bonchev–Trinajstić information content (AvgIpc) is 2.75. The third-order valence-corrected chi connectivity index (χ3v) is 6.45. The van der Waals surface area contributed by atoms with Crippen LogP contribution in [0.15, 0.2) is 50.1 Å². The van der Waals surface area contributed by atoms with Crippen molar-refractivity contribution >= 4 is 32.6 Å². The number of methoxy groups -OCH3 is 1. The Morgan fingerprint density at radius 1 is 1.10 bits per heavy atom. The normalized spacial score (nSPS) is 15.1. The minimum Gasteiger partial charge on any atom is -0.507 e. The molecule has 2 heterocycles. The van der Waals surface area contributed by atoms with E-state index in [2.05, 4.69) is 37.9 Å². The lowest BCUT2D eigenvalue weighted by atomic mass is 10.1. The molecule has 1 N–H and O–H groups in total. The number of aromatic hydroxyl groups is 1. The highest BCUT2D eigenvalue weighted by atomic mass is 79.9. The maximum Gasteiger partial charge on any atom is 0.350 e. The van der Waals surface area contributed by atoms with Crippen molar-refractivity contribution in [3.8, 4) is 11.5 Å². The summed E-state index contributed by atoms with van der Waals surface area (Å²) < 4.78 is 11.2. The molecule has 1 aliphatic heterocycles. The molecule has 4 rings (SSSR count). The van der Waals surface area contributed by atoms with E-state index >= 15 is 0 Å². The minimum absolute atomic E-state index is 0.153. The summed E-state index contributed by atoms with van der Waals surface area (Å²) in [5.41, 5.74) is 2.69. The van der Waals surface area contributed by atoms with Gasteiger partial charge in [0.1, 0.15) is 21.6 Å². The van der Waals surface area contributed by atoms with E-state index in [1.54, 1.807) is 19.2 Å². The number of anilines is 1. The number of phenolic OH excluding ortho intramolecular Hbond substituents is 1. The first-order valence-corrected chi connectivity index (χ1v) is 10.3. The van der Waals surface area contributed by atoms with Gasteiger partial charge < -0.3 is 19.2 Å². The Bertz CT molecular complexity index is 1090. The maximum absolute atomic E-state index is 12.1. The zero-order valence-electron chi connectivity index (χ0n) is 16.4. The molecule has 1 fully saturated rings. The highest BCUT2D eigenvalue weighted by Gasteiger charge is 2.21. The topological polar surface area (TPSA) is 66.2 Å². The predicted molar refractivity (Wildman–Crippen MR) is 117 cm³/mol. The van der Waals surface area contributed by atoms with Crippen LogP contribution in [0.4, 0.5) is 5.69 Å². The third-order valence-electron chi connectivity index (χ3n) is 5.53. The van der Waals surface area contributed by atoms with Crippen LogP contribution in [0.25, 0.3) is 11.0 Å². The Labute approximate surface area is 177 Å². The molecular formula is C22H23BrN2O4. The van der Waals surface area contributed by atoms with Crippen molar-refractivity contribution in [2.45, 2.75) is 13.5 Å². The van der Waals surface area contributed by atoms with Crippen molar-refractivity contribution in [3.63, 3.8) is 0 Å². The number of halogens is 1. The minimum atomic E-state index is -0.425. The molecule has 29 heavy (non-hydrogen) atoms. The van der Waals surface area contributed by atoms with Gasteiger partial charge in [0.05, 0.1) is 12.7 Å². The number of hydrogen-bond donors (Lipinski definition) is 1. The molecular weight excluding hydrogens is 436 g/mol. The van der Waals surface area contributed by atoms with E-state index in [0.29, 0.717) is 22.2 Å². The van der Waals surface area contributed by atoms with Crippen LogP contribution in [0.3, 0.4) is 0 Å². The number of aryl methyl sites for hydroxylation is 1. The number of piperazine rings is 1. The fourth-order valence-corrected chi connectivity index (χ4v) is 4.07. The zero-order chi connectivity index (χ0) is 20.5. The number of hydrogen-bond acceptors (Lipinski definition) is 6.